The molecular formula is C8H12F3NO3S. The molecule has 1 N–H and O–H groups in total. The van der Waals surface area contributed by atoms with Gasteiger partial charge in [-0.1, -0.05) is 11.8 Å². The van der Waals surface area contributed by atoms with Crippen LogP contribution in [-0.2, 0) is 14.3 Å². The second-order valence-corrected chi connectivity index (χ2v) is 4.02. The second-order valence-electron chi connectivity index (χ2n) is 2.86. The summed E-state index contributed by atoms with van der Waals surface area (Å²) in [5.74, 6) is -1.56. The Morgan fingerprint density at radius 2 is 2.00 bits per heavy atom. The van der Waals surface area contributed by atoms with E-state index < -0.39 is 23.4 Å². The number of amides is 1. The quantitative estimate of drug-likeness (QED) is 0.756. The number of nitrogens with one attached hydrogen (secondary N) is 1. The van der Waals surface area contributed by atoms with E-state index in [0.717, 1.165) is 7.11 Å². The van der Waals surface area contributed by atoms with E-state index in [2.05, 4.69) is 10.1 Å². The number of methoxy groups -OCH3 is 1. The number of carbonyl (C=O) groups is 2. The van der Waals surface area contributed by atoms with E-state index in [0.29, 0.717) is 0 Å². The maximum atomic E-state index is 11.8. The Morgan fingerprint density at radius 3 is 2.38 bits per heavy atom. The van der Waals surface area contributed by atoms with Gasteiger partial charge >= 0.3 is 11.5 Å². The molecule has 8 heteroatoms. The molecular weight excluding hydrogens is 247 g/mol. The number of ether oxygens (including phenoxy) is 1. The summed E-state index contributed by atoms with van der Waals surface area (Å²) in [5.41, 5.74) is -4.34. The molecule has 16 heavy (non-hydrogen) atoms. The van der Waals surface area contributed by atoms with Crippen molar-refractivity contribution in [3.63, 3.8) is 0 Å². The molecule has 0 fully saturated rings. The summed E-state index contributed by atoms with van der Waals surface area (Å²) in [7, 11) is 1.11. The third-order valence-corrected chi connectivity index (χ3v) is 2.30. The largest absolute Gasteiger partial charge is 0.467 e. The molecule has 0 unspecified atom stereocenters. The van der Waals surface area contributed by atoms with E-state index in [1.165, 1.54) is 6.92 Å². The standard InChI is InChI=1S/C8H12F3NO3S/c1-5(13)12-6(7(14)15-2)3-4-16-8(9,10)11/h6H,3-4H2,1-2H3,(H,12,13)/t6-/m1/s1. The van der Waals surface area contributed by atoms with Crippen molar-refractivity contribution in [3.8, 4) is 0 Å². The molecule has 0 spiro atoms. The third kappa shape index (κ3) is 7.38. The van der Waals surface area contributed by atoms with Crippen LogP contribution in [0.15, 0.2) is 0 Å². The van der Waals surface area contributed by atoms with E-state index in [1.54, 1.807) is 0 Å². The minimum Gasteiger partial charge on any atom is -0.467 e. The molecule has 0 aliphatic heterocycles. The van der Waals surface area contributed by atoms with E-state index in [-0.39, 0.29) is 23.9 Å². The van der Waals surface area contributed by atoms with E-state index in [1.807, 2.05) is 0 Å². The third-order valence-electron chi connectivity index (χ3n) is 1.54. The zero-order valence-electron chi connectivity index (χ0n) is 8.76. The molecule has 0 saturated heterocycles. The number of esters is 1. The predicted octanol–water partition coefficient (Wildman–Crippen LogP) is 1.31. The highest BCUT2D eigenvalue weighted by Gasteiger charge is 2.29. The fraction of sp³-hybridized carbons (Fsp3) is 0.750. The van der Waals surface area contributed by atoms with Gasteiger partial charge in [0.05, 0.1) is 7.11 Å². The molecule has 0 rings (SSSR count). The lowest BCUT2D eigenvalue weighted by Gasteiger charge is -2.15. The normalized spacial score (nSPS) is 13.1. The number of halogens is 3. The summed E-state index contributed by atoms with van der Waals surface area (Å²) in [5, 5.41) is 2.22. The lowest BCUT2D eigenvalue weighted by molar-refractivity contribution is -0.144. The van der Waals surface area contributed by atoms with E-state index in [4.69, 9.17) is 0 Å². The highest BCUT2D eigenvalue weighted by atomic mass is 32.2. The Kier molecular flexibility index (Phi) is 6.24. The van der Waals surface area contributed by atoms with Crippen molar-refractivity contribution in [2.45, 2.75) is 24.9 Å². The van der Waals surface area contributed by atoms with Gasteiger partial charge < -0.3 is 10.1 Å². The molecule has 0 aromatic heterocycles. The van der Waals surface area contributed by atoms with Crippen LogP contribution < -0.4 is 5.32 Å². The van der Waals surface area contributed by atoms with Crippen LogP contribution in [0.4, 0.5) is 13.2 Å². The molecule has 0 radical (unpaired) electrons. The van der Waals surface area contributed by atoms with Gasteiger partial charge in [0.1, 0.15) is 6.04 Å². The van der Waals surface area contributed by atoms with Crippen molar-refractivity contribution in [1.82, 2.24) is 5.32 Å². The molecule has 0 aromatic carbocycles. The maximum Gasteiger partial charge on any atom is 0.441 e. The molecule has 0 aliphatic rings. The predicted molar refractivity (Wildman–Crippen MR) is 52.8 cm³/mol. The van der Waals surface area contributed by atoms with Crippen LogP contribution in [0.1, 0.15) is 13.3 Å². The van der Waals surface area contributed by atoms with Crippen molar-refractivity contribution < 1.29 is 27.5 Å². The minimum absolute atomic E-state index is 0.129. The molecule has 0 bridgehead atoms. The fourth-order valence-corrected chi connectivity index (χ4v) is 1.51. The number of alkyl halides is 3. The van der Waals surface area contributed by atoms with Crippen LogP contribution in [-0.4, -0.2) is 36.3 Å². The molecule has 94 valence electrons. The second kappa shape index (κ2) is 6.62. The van der Waals surface area contributed by atoms with Gasteiger partial charge in [0.25, 0.3) is 0 Å². The van der Waals surface area contributed by atoms with Crippen LogP contribution in [0.5, 0.6) is 0 Å². The SMILES string of the molecule is COC(=O)[C@@H](CCSC(F)(F)F)NC(C)=O. The first-order valence-electron chi connectivity index (χ1n) is 4.32. The number of hydrogen-bond donors (Lipinski definition) is 1. The molecule has 4 nitrogen and oxygen atoms in total. The van der Waals surface area contributed by atoms with Crippen molar-refractivity contribution in [3.05, 3.63) is 0 Å². The molecule has 1 amide bonds. The summed E-state index contributed by atoms with van der Waals surface area (Å²) in [6.45, 7) is 1.17. The Balaban J connectivity index is 4.12. The zero-order valence-corrected chi connectivity index (χ0v) is 9.57. The Labute approximate surface area is 94.9 Å². The average Bonchev–Trinajstić information content (AvgIpc) is 2.12. The summed E-state index contributed by atoms with van der Waals surface area (Å²) < 4.78 is 39.8. The Morgan fingerprint density at radius 1 is 1.44 bits per heavy atom. The summed E-state index contributed by atoms with van der Waals surface area (Å²) in [6.07, 6.45) is -0.129. The first-order valence-corrected chi connectivity index (χ1v) is 5.30. The van der Waals surface area contributed by atoms with E-state index in [9.17, 15) is 22.8 Å². The van der Waals surface area contributed by atoms with Crippen molar-refractivity contribution >= 4 is 23.6 Å². The summed E-state index contributed by atoms with van der Waals surface area (Å²) in [4.78, 5) is 21.8. The van der Waals surface area contributed by atoms with Gasteiger partial charge in [0, 0.05) is 12.7 Å². The molecule has 0 aliphatic carbocycles. The first kappa shape index (κ1) is 15.1. The van der Waals surface area contributed by atoms with Crippen molar-refractivity contribution in [2.75, 3.05) is 12.9 Å². The Bertz CT molecular complexity index is 257. The number of hydrogen-bond acceptors (Lipinski definition) is 4. The topological polar surface area (TPSA) is 55.4 Å². The smallest absolute Gasteiger partial charge is 0.441 e. The Hall–Kier alpha value is -0.920. The maximum absolute atomic E-state index is 11.8. The highest BCUT2D eigenvalue weighted by molar-refractivity contribution is 8.00. The average molecular weight is 259 g/mol. The summed E-state index contributed by atoms with van der Waals surface area (Å²) in [6, 6.07) is -1.03. The number of rotatable bonds is 5. The molecule has 0 saturated carbocycles. The van der Waals surface area contributed by atoms with Crippen molar-refractivity contribution in [1.29, 1.82) is 0 Å². The lowest BCUT2D eigenvalue weighted by Crippen LogP contribution is -2.40. The fourth-order valence-electron chi connectivity index (χ4n) is 0.929. The van der Waals surface area contributed by atoms with Crippen LogP contribution in [0.25, 0.3) is 0 Å². The highest BCUT2D eigenvalue weighted by Crippen LogP contribution is 2.30. The molecule has 1 atom stereocenters. The van der Waals surface area contributed by atoms with Gasteiger partial charge in [-0.05, 0) is 6.42 Å². The number of carbonyl (C=O) groups excluding carboxylic acids is 2. The van der Waals surface area contributed by atoms with Crippen LogP contribution in [0.3, 0.4) is 0 Å². The minimum atomic E-state index is -4.34. The van der Waals surface area contributed by atoms with Gasteiger partial charge in [-0.3, -0.25) is 4.79 Å². The van der Waals surface area contributed by atoms with Crippen molar-refractivity contribution in [2.24, 2.45) is 0 Å². The monoisotopic (exact) mass is 259 g/mol. The molecule has 0 heterocycles. The zero-order chi connectivity index (χ0) is 12.8. The number of thioether (sulfide) groups is 1. The summed E-state index contributed by atoms with van der Waals surface area (Å²) >= 11 is -0.242. The van der Waals surface area contributed by atoms with Crippen LogP contribution >= 0.6 is 11.8 Å². The van der Waals surface area contributed by atoms with Gasteiger partial charge in [-0.15, -0.1) is 0 Å². The van der Waals surface area contributed by atoms with Gasteiger partial charge in [-0.25, -0.2) is 4.79 Å². The van der Waals surface area contributed by atoms with E-state index >= 15 is 0 Å². The van der Waals surface area contributed by atoms with Gasteiger partial charge in [0.15, 0.2) is 0 Å². The van der Waals surface area contributed by atoms with Crippen LogP contribution in [0, 0.1) is 0 Å². The first-order chi connectivity index (χ1) is 7.26. The molecule has 0 aromatic rings. The van der Waals surface area contributed by atoms with Gasteiger partial charge in [-0.2, -0.15) is 13.2 Å². The van der Waals surface area contributed by atoms with Crippen LogP contribution in [0.2, 0.25) is 0 Å². The lowest BCUT2D eigenvalue weighted by atomic mass is 10.2. The van der Waals surface area contributed by atoms with Gasteiger partial charge in [0.2, 0.25) is 5.91 Å².